The molecular formula is C15H18O. The quantitative estimate of drug-likeness (QED) is 0.555. The van der Waals surface area contributed by atoms with Crippen LogP contribution in [0.3, 0.4) is 0 Å². The van der Waals surface area contributed by atoms with Crippen LogP contribution in [0.25, 0.3) is 0 Å². The zero-order chi connectivity index (χ0) is 12.2. The van der Waals surface area contributed by atoms with Gasteiger partial charge in [0, 0.05) is 18.4 Å². The van der Waals surface area contributed by atoms with Gasteiger partial charge in [0.05, 0.1) is 0 Å². The summed E-state index contributed by atoms with van der Waals surface area (Å²) in [6.45, 7) is 6.46. The monoisotopic (exact) mass is 214 g/mol. The van der Waals surface area contributed by atoms with E-state index in [0.717, 1.165) is 5.56 Å². The van der Waals surface area contributed by atoms with Crippen LogP contribution in [0, 0.1) is 12.3 Å². The molecule has 0 aliphatic carbocycles. The molecule has 0 heterocycles. The van der Waals surface area contributed by atoms with Crippen LogP contribution in [0.2, 0.25) is 0 Å². The van der Waals surface area contributed by atoms with Gasteiger partial charge in [0.15, 0.2) is 5.78 Å². The summed E-state index contributed by atoms with van der Waals surface area (Å²) in [5.41, 5.74) is 2.12. The van der Waals surface area contributed by atoms with E-state index in [1.165, 1.54) is 5.56 Å². The molecule has 0 aliphatic rings. The summed E-state index contributed by atoms with van der Waals surface area (Å²) < 4.78 is 0. The number of ketones is 1. The molecule has 0 saturated carbocycles. The van der Waals surface area contributed by atoms with Crippen molar-refractivity contribution >= 4 is 5.78 Å². The van der Waals surface area contributed by atoms with Crippen molar-refractivity contribution in [3.8, 4) is 12.3 Å². The van der Waals surface area contributed by atoms with Gasteiger partial charge in [-0.3, -0.25) is 4.79 Å². The molecule has 1 heteroatoms. The molecule has 16 heavy (non-hydrogen) atoms. The van der Waals surface area contributed by atoms with E-state index in [0.29, 0.717) is 12.8 Å². The predicted octanol–water partition coefficient (Wildman–Crippen LogP) is 3.58. The maximum Gasteiger partial charge on any atom is 0.163 e. The highest BCUT2D eigenvalue weighted by Gasteiger charge is 2.13. The van der Waals surface area contributed by atoms with Gasteiger partial charge in [-0.15, -0.1) is 12.3 Å². The van der Waals surface area contributed by atoms with E-state index in [1.54, 1.807) is 0 Å². The van der Waals surface area contributed by atoms with E-state index in [1.807, 2.05) is 24.3 Å². The molecule has 1 rings (SSSR count). The molecule has 0 atom stereocenters. The number of rotatable bonds is 3. The number of hydrogen-bond acceptors (Lipinski definition) is 1. The van der Waals surface area contributed by atoms with E-state index in [4.69, 9.17) is 6.42 Å². The fourth-order valence-corrected chi connectivity index (χ4v) is 1.49. The van der Waals surface area contributed by atoms with Crippen molar-refractivity contribution in [3.05, 3.63) is 35.4 Å². The van der Waals surface area contributed by atoms with Crippen molar-refractivity contribution < 1.29 is 4.79 Å². The largest absolute Gasteiger partial charge is 0.294 e. The predicted molar refractivity (Wildman–Crippen MR) is 67.5 cm³/mol. The highest BCUT2D eigenvalue weighted by atomic mass is 16.1. The summed E-state index contributed by atoms with van der Waals surface area (Å²) in [5.74, 6) is 2.61. The summed E-state index contributed by atoms with van der Waals surface area (Å²) in [6, 6.07) is 7.81. The number of Topliss-reactive ketones (excluding diaryl/α,β-unsaturated/α-hetero) is 1. The lowest BCUT2D eigenvalue weighted by Crippen LogP contribution is -2.11. The zero-order valence-electron chi connectivity index (χ0n) is 10.2. The van der Waals surface area contributed by atoms with Gasteiger partial charge in [0.2, 0.25) is 0 Å². The van der Waals surface area contributed by atoms with E-state index >= 15 is 0 Å². The van der Waals surface area contributed by atoms with Gasteiger partial charge in [0.25, 0.3) is 0 Å². The lowest BCUT2D eigenvalue weighted by Gasteiger charge is -2.18. The van der Waals surface area contributed by atoms with Crippen LogP contribution in [-0.4, -0.2) is 5.78 Å². The van der Waals surface area contributed by atoms with Crippen molar-refractivity contribution in [1.29, 1.82) is 0 Å². The second-order valence-electron chi connectivity index (χ2n) is 4.95. The second-order valence-corrected chi connectivity index (χ2v) is 4.95. The normalized spacial score (nSPS) is 10.9. The molecule has 0 unspecified atom stereocenters. The summed E-state index contributed by atoms with van der Waals surface area (Å²) in [7, 11) is 0. The third kappa shape index (κ3) is 3.24. The first kappa shape index (κ1) is 12.5. The first-order chi connectivity index (χ1) is 7.45. The second kappa shape index (κ2) is 4.99. The summed E-state index contributed by atoms with van der Waals surface area (Å²) in [5, 5.41) is 0. The lowest BCUT2D eigenvalue weighted by molar-refractivity contribution is 0.0984. The number of hydrogen-bond donors (Lipinski definition) is 0. The molecule has 0 N–H and O–H groups in total. The molecule has 0 amide bonds. The van der Waals surface area contributed by atoms with Crippen LogP contribution in [0.5, 0.6) is 0 Å². The van der Waals surface area contributed by atoms with Crippen molar-refractivity contribution in [1.82, 2.24) is 0 Å². The average Bonchev–Trinajstić information content (AvgIpc) is 2.25. The highest BCUT2D eigenvalue weighted by Crippen LogP contribution is 2.22. The number of benzene rings is 1. The molecule has 0 bridgehead atoms. The minimum Gasteiger partial charge on any atom is -0.294 e. The van der Waals surface area contributed by atoms with Crippen molar-refractivity contribution in [3.63, 3.8) is 0 Å². The van der Waals surface area contributed by atoms with E-state index in [9.17, 15) is 4.79 Å². The molecule has 0 aliphatic heterocycles. The van der Waals surface area contributed by atoms with Gasteiger partial charge in [-0.05, 0) is 11.0 Å². The standard InChI is InChI=1S/C15H18O/c1-5-6-7-14(16)12-8-10-13(11-9-12)15(2,3)4/h1,8-11H,6-7H2,2-4H3. The van der Waals surface area contributed by atoms with Gasteiger partial charge in [-0.2, -0.15) is 0 Å². The van der Waals surface area contributed by atoms with Crippen LogP contribution in [0.15, 0.2) is 24.3 Å². The Balaban J connectivity index is 2.80. The fourth-order valence-electron chi connectivity index (χ4n) is 1.49. The average molecular weight is 214 g/mol. The summed E-state index contributed by atoms with van der Waals surface area (Å²) in [4.78, 5) is 11.7. The first-order valence-corrected chi connectivity index (χ1v) is 5.52. The van der Waals surface area contributed by atoms with Crippen LogP contribution < -0.4 is 0 Å². The topological polar surface area (TPSA) is 17.1 Å². The fraction of sp³-hybridized carbons (Fsp3) is 0.400. The van der Waals surface area contributed by atoms with Crippen LogP contribution in [0.4, 0.5) is 0 Å². The summed E-state index contributed by atoms with van der Waals surface area (Å²) in [6.07, 6.45) is 6.08. The minimum atomic E-state index is 0.124. The Labute approximate surface area is 97.9 Å². The molecule has 0 radical (unpaired) electrons. The number of terminal acetylenes is 1. The Kier molecular flexibility index (Phi) is 3.90. The van der Waals surface area contributed by atoms with Crippen molar-refractivity contribution in [2.24, 2.45) is 0 Å². The van der Waals surface area contributed by atoms with Gasteiger partial charge in [-0.1, -0.05) is 45.0 Å². The Hall–Kier alpha value is -1.55. The zero-order valence-corrected chi connectivity index (χ0v) is 10.2. The van der Waals surface area contributed by atoms with Gasteiger partial charge < -0.3 is 0 Å². The SMILES string of the molecule is C#CCCC(=O)c1ccc(C(C)(C)C)cc1. The first-order valence-electron chi connectivity index (χ1n) is 5.52. The third-order valence-electron chi connectivity index (χ3n) is 2.57. The van der Waals surface area contributed by atoms with E-state index in [-0.39, 0.29) is 11.2 Å². The number of carbonyl (C=O) groups excluding carboxylic acids is 1. The number of carbonyl (C=O) groups is 1. The van der Waals surface area contributed by atoms with Crippen molar-refractivity contribution in [2.75, 3.05) is 0 Å². The Bertz CT molecular complexity index is 399. The van der Waals surface area contributed by atoms with Gasteiger partial charge in [-0.25, -0.2) is 0 Å². The molecule has 1 nitrogen and oxygen atoms in total. The molecule has 0 saturated heterocycles. The molecular weight excluding hydrogens is 196 g/mol. The van der Waals surface area contributed by atoms with E-state index < -0.39 is 0 Å². The molecule has 0 spiro atoms. The van der Waals surface area contributed by atoms with Crippen molar-refractivity contribution in [2.45, 2.75) is 39.0 Å². The Morgan fingerprint density at radius 3 is 2.25 bits per heavy atom. The highest BCUT2D eigenvalue weighted by molar-refractivity contribution is 5.96. The van der Waals surface area contributed by atoms with Crippen LogP contribution in [0.1, 0.15) is 49.5 Å². The lowest BCUT2D eigenvalue weighted by atomic mass is 9.86. The molecule has 1 aromatic carbocycles. The minimum absolute atomic E-state index is 0.124. The van der Waals surface area contributed by atoms with E-state index in [2.05, 4.69) is 26.7 Å². The van der Waals surface area contributed by atoms with Gasteiger partial charge >= 0.3 is 0 Å². The Morgan fingerprint density at radius 1 is 1.25 bits per heavy atom. The third-order valence-corrected chi connectivity index (χ3v) is 2.57. The Morgan fingerprint density at radius 2 is 1.81 bits per heavy atom. The maximum atomic E-state index is 11.7. The smallest absolute Gasteiger partial charge is 0.163 e. The molecule has 0 fully saturated rings. The van der Waals surface area contributed by atoms with Crippen LogP contribution in [-0.2, 0) is 5.41 Å². The molecule has 84 valence electrons. The summed E-state index contributed by atoms with van der Waals surface area (Å²) >= 11 is 0. The maximum absolute atomic E-state index is 11.7. The van der Waals surface area contributed by atoms with Gasteiger partial charge in [0.1, 0.15) is 0 Å². The van der Waals surface area contributed by atoms with Crippen LogP contribution >= 0.6 is 0 Å². The molecule has 0 aromatic heterocycles. The molecule has 1 aromatic rings.